The monoisotopic (exact) mass is 197 g/mol. The highest BCUT2D eigenvalue weighted by Gasteiger charge is 2.06. The number of aryl methyl sites for hydroxylation is 1. The normalized spacial score (nSPS) is 12.5. The minimum absolute atomic E-state index is 0.399. The molecule has 0 aromatic heterocycles. The average Bonchev–Trinajstić information content (AvgIpc) is 2.04. The molecule has 1 aromatic rings. The molecule has 0 heterocycles. The van der Waals surface area contributed by atoms with E-state index in [0.717, 1.165) is 5.56 Å². The first-order valence-electron chi connectivity index (χ1n) is 3.76. The largest absolute Gasteiger partial charge is 0.366 e. The van der Waals surface area contributed by atoms with Gasteiger partial charge < -0.3 is 5.73 Å². The number of hydrogen-bond acceptors (Lipinski definition) is 2. The van der Waals surface area contributed by atoms with Crippen molar-refractivity contribution in [3.05, 3.63) is 29.3 Å². The van der Waals surface area contributed by atoms with Crippen LogP contribution in [-0.2, 0) is 10.8 Å². The van der Waals surface area contributed by atoms with Gasteiger partial charge in [-0.25, -0.2) is 0 Å². The van der Waals surface area contributed by atoms with Crippen LogP contribution in [0.5, 0.6) is 0 Å². The zero-order valence-electron chi connectivity index (χ0n) is 7.53. The van der Waals surface area contributed by atoms with E-state index in [2.05, 4.69) is 0 Å². The molecule has 0 aliphatic carbocycles. The summed E-state index contributed by atoms with van der Waals surface area (Å²) in [5, 5.41) is 0. The van der Waals surface area contributed by atoms with Crippen LogP contribution in [0.1, 0.15) is 15.9 Å². The van der Waals surface area contributed by atoms with Gasteiger partial charge in [0, 0.05) is 16.7 Å². The Morgan fingerprint density at radius 2 is 2.08 bits per heavy atom. The van der Waals surface area contributed by atoms with Crippen LogP contribution in [0.2, 0.25) is 0 Å². The number of nitrogens with two attached hydrogens (primary N) is 1. The fraction of sp³-hybridized carbons (Fsp3) is 0.222. The predicted octanol–water partition coefficient (Wildman–Crippen LogP) is 0.831. The van der Waals surface area contributed by atoms with Gasteiger partial charge in [0.15, 0.2) is 0 Å². The third-order valence-corrected chi connectivity index (χ3v) is 2.84. The van der Waals surface area contributed by atoms with Crippen LogP contribution in [0.15, 0.2) is 23.1 Å². The van der Waals surface area contributed by atoms with Gasteiger partial charge in [0.25, 0.3) is 0 Å². The van der Waals surface area contributed by atoms with E-state index in [9.17, 15) is 9.00 Å². The van der Waals surface area contributed by atoms with Gasteiger partial charge in [-0.2, -0.15) is 0 Å². The average molecular weight is 197 g/mol. The molecule has 0 saturated heterocycles. The molecular formula is C9H11NO2S. The molecule has 1 atom stereocenters. The Bertz CT molecular complexity index is 374. The molecule has 0 radical (unpaired) electrons. The van der Waals surface area contributed by atoms with Crippen molar-refractivity contribution in [2.45, 2.75) is 11.8 Å². The van der Waals surface area contributed by atoms with E-state index in [1.165, 1.54) is 0 Å². The van der Waals surface area contributed by atoms with Crippen molar-refractivity contribution in [3.8, 4) is 0 Å². The molecule has 1 amide bonds. The van der Waals surface area contributed by atoms with Gasteiger partial charge in [0.1, 0.15) is 0 Å². The van der Waals surface area contributed by atoms with E-state index in [1.807, 2.05) is 6.92 Å². The molecule has 0 aliphatic heterocycles. The van der Waals surface area contributed by atoms with E-state index in [4.69, 9.17) is 5.73 Å². The Morgan fingerprint density at radius 3 is 2.54 bits per heavy atom. The second-order valence-corrected chi connectivity index (χ2v) is 4.15. The highest BCUT2D eigenvalue weighted by atomic mass is 32.2. The van der Waals surface area contributed by atoms with E-state index >= 15 is 0 Å². The summed E-state index contributed by atoms with van der Waals surface area (Å²) >= 11 is 0. The lowest BCUT2D eigenvalue weighted by atomic mass is 10.1. The Morgan fingerprint density at radius 1 is 1.46 bits per heavy atom. The Balaban J connectivity index is 3.27. The summed E-state index contributed by atoms with van der Waals surface area (Å²) in [6.45, 7) is 1.85. The highest BCUT2D eigenvalue weighted by molar-refractivity contribution is 7.84. The fourth-order valence-electron chi connectivity index (χ4n) is 1.06. The van der Waals surface area contributed by atoms with Gasteiger partial charge >= 0.3 is 0 Å². The van der Waals surface area contributed by atoms with Crippen LogP contribution in [0.25, 0.3) is 0 Å². The lowest BCUT2D eigenvalue weighted by Crippen LogP contribution is -2.11. The minimum atomic E-state index is -1.08. The lowest BCUT2D eigenvalue weighted by Gasteiger charge is -2.03. The molecular weight excluding hydrogens is 186 g/mol. The highest BCUT2D eigenvalue weighted by Crippen LogP contribution is 2.13. The van der Waals surface area contributed by atoms with Gasteiger partial charge in [-0.05, 0) is 24.6 Å². The zero-order chi connectivity index (χ0) is 10.0. The molecule has 13 heavy (non-hydrogen) atoms. The van der Waals surface area contributed by atoms with Crippen molar-refractivity contribution in [2.75, 3.05) is 6.26 Å². The van der Waals surface area contributed by atoms with Crippen molar-refractivity contribution in [1.29, 1.82) is 0 Å². The van der Waals surface area contributed by atoms with Crippen molar-refractivity contribution >= 4 is 16.7 Å². The summed E-state index contributed by atoms with van der Waals surface area (Å²) in [6.07, 6.45) is 1.58. The zero-order valence-corrected chi connectivity index (χ0v) is 8.35. The number of rotatable bonds is 2. The Labute approximate surface area is 79.4 Å². The first-order valence-corrected chi connectivity index (χ1v) is 5.32. The Hall–Kier alpha value is -1.16. The molecule has 0 bridgehead atoms. The van der Waals surface area contributed by atoms with Crippen LogP contribution in [0, 0.1) is 6.92 Å². The number of amides is 1. The van der Waals surface area contributed by atoms with Crippen LogP contribution in [0.3, 0.4) is 0 Å². The molecule has 0 saturated carbocycles. The maximum atomic E-state index is 11.2. The van der Waals surface area contributed by atoms with Gasteiger partial charge in [-0.1, -0.05) is 6.07 Å². The summed E-state index contributed by atoms with van der Waals surface area (Å²) in [5.74, 6) is -0.494. The molecule has 1 rings (SSSR count). The fourth-order valence-corrected chi connectivity index (χ4v) is 1.88. The third kappa shape index (κ3) is 2.15. The number of carbonyl (C=O) groups excluding carboxylic acids is 1. The second-order valence-electron chi connectivity index (χ2n) is 2.80. The van der Waals surface area contributed by atoms with Gasteiger partial charge in [-0.3, -0.25) is 9.00 Å². The van der Waals surface area contributed by atoms with E-state index in [0.29, 0.717) is 10.5 Å². The number of hydrogen-bond donors (Lipinski definition) is 1. The quantitative estimate of drug-likeness (QED) is 0.763. The molecule has 4 heteroatoms. The standard InChI is InChI=1S/C9H11NO2S/c1-6-3-4-7(9(10)11)5-8(6)13(2)12/h3-5H,1-2H3,(H2,10,11). The van der Waals surface area contributed by atoms with Crippen LogP contribution in [0.4, 0.5) is 0 Å². The van der Waals surface area contributed by atoms with Crippen molar-refractivity contribution < 1.29 is 9.00 Å². The smallest absolute Gasteiger partial charge is 0.248 e. The Kier molecular flexibility index (Phi) is 2.83. The van der Waals surface area contributed by atoms with E-state index in [1.54, 1.807) is 24.5 Å². The number of carbonyl (C=O) groups is 1. The molecule has 0 aliphatic rings. The van der Waals surface area contributed by atoms with Crippen LogP contribution < -0.4 is 5.73 Å². The molecule has 1 aromatic carbocycles. The van der Waals surface area contributed by atoms with Gasteiger partial charge in [0.05, 0.1) is 10.8 Å². The summed E-state index contributed by atoms with van der Waals surface area (Å²) in [4.78, 5) is 11.5. The summed E-state index contributed by atoms with van der Waals surface area (Å²) in [5.41, 5.74) is 6.40. The maximum absolute atomic E-state index is 11.2. The van der Waals surface area contributed by atoms with Crippen molar-refractivity contribution in [3.63, 3.8) is 0 Å². The molecule has 70 valence electrons. The lowest BCUT2D eigenvalue weighted by molar-refractivity contribution is 0.1000. The summed E-state index contributed by atoms with van der Waals surface area (Å²) in [7, 11) is -1.08. The molecule has 3 nitrogen and oxygen atoms in total. The summed E-state index contributed by atoms with van der Waals surface area (Å²) in [6, 6.07) is 4.96. The van der Waals surface area contributed by atoms with Gasteiger partial charge in [-0.15, -0.1) is 0 Å². The number of benzene rings is 1. The van der Waals surface area contributed by atoms with Crippen LogP contribution in [-0.4, -0.2) is 16.4 Å². The molecule has 0 spiro atoms. The molecule has 1 unspecified atom stereocenters. The molecule has 2 N–H and O–H groups in total. The first-order chi connectivity index (χ1) is 6.02. The second kappa shape index (κ2) is 3.70. The first kappa shape index (κ1) is 9.92. The molecule has 0 fully saturated rings. The van der Waals surface area contributed by atoms with Gasteiger partial charge in [0.2, 0.25) is 5.91 Å². The van der Waals surface area contributed by atoms with Crippen LogP contribution >= 0.6 is 0 Å². The number of primary amides is 1. The third-order valence-electron chi connectivity index (χ3n) is 1.78. The maximum Gasteiger partial charge on any atom is 0.248 e. The van der Waals surface area contributed by atoms with Crippen molar-refractivity contribution in [1.82, 2.24) is 0 Å². The minimum Gasteiger partial charge on any atom is -0.366 e. The van der Waals surface area contributed by atoms with Crippen molar-refractivity contribution in [2.24, 2.45) is 5.73 Å². The van der Waals surface area contributed by atoms with E-state index in [-0.39, 0.29) is 0 Å². The SMILES string of the molecule is Cc1ccc(C(N)=O)cc1S(C)=O. The summed E-state index contributed by atoms with van der Waals surface area (Å²) < 4.78 is 11.2. The van der Waals surface area contributed by atoms with E-state index < -0.39 is 16.7 Å². The topological polar surface area (TPSA) is 60.2 Å². The predicted molar refractivity (Wildman–Crippen MR) is 52.0 cm³/mol.